The molecule has 0 unspecified atom stereocenters. The molecule has 3 nitrogen and oxygen atoms in total. The van der Waals surface area contributed by atoms with Gasteiger partial charge in [-0.05, 0) is 29.8 Å². The van der Waals surface area contributed by atoms with Crippen LogP contribution in [0, 0.1) is 5.92 Å². The van der Waals surface area contributed by atoms with Crippen molar-refractivity contribution in [1.29, 1.82) is 0 Å². The third-order valence-corrected chi connectivity index (χ3v) is 7.41. The van der Waals surface area contributed by atoms with Gasteiger partial charge in [0.15, 0.2) is 0 Å². The molecule has 3 aromatic carbocycles. The summed E-state index contributed by atoms with van der Waals surface area (Å²) in [5.74, 6) is 1.72. The van der Waals surface area contributed by atoms with E-state index in [1.54, 1.807) is 6.92 Å². The molecule has 2 aliphatic rings. The van der Waals surface area contributed by atoms with Gasteiger partial charge < -0.3 is 10.1 Å². The lowest BCUT2D eigenvalue weighted by Gasteiger charge is -2.51. The van der Waals surface area contributed by atoms with E-state index in [1.807, 2.05) is 42.1 Å². The maximum absolute atomic E-state index is 12.4. The van der Waals surface area contributed by atoms with Gasteiger partial charge in [-0.3, -0.25) is 4.79 Å². The number of carbonyl (C=O) groups excluding carboxylic acids is 1. The molecule has 2 heterocycles. The van der Waals surface area contributed by atoms with Crippen LogP contribution in [-0.2, 0) is 10.5 Å². The number of hydrogen-bond donors (Lipinski definition) is 1. The van der Waals surface area contributed by atoms with Gasteiger partial charge in [-0.15, -0.1) is 11.8 Å². The first kappa shape index (κ1) is 18.8. The smallest absolute Gasteiger partial charge is 0.220 e. The summed E-state index contributed by atoms with van der Waals surface area (Å²) >= 11 is 5.46. The largest absolute Gasteiger partial charge is 0.463 e. The number of carbonyl (C=O) groups is 1. The minimum absolute atomic E-state index is 0.0514. The molecule has 0 radical (unpaired) electrons. The van der Waals surface area contributed by atoms with Crippen LogP contribution in [0.15, 0.2) is 82.2 Å². The lowest BCUT2D eigenvalue weighted by Crippen LogP contribution is -2.60. The molecule has 0 aliphatic carbocycles. The Bertz CT molecular complexity index is 1090. The summed E-state index contributed by atoms with van der Waals surface area (Å²) in [7, 11) is 0. The highest BCUT2D eigenvalue weighted by molar-refractivity contribution is 9.10. The van der Waals surface area contributed by atoms with Gasteiger partial charge in [-0.25, -0.2) is 0 Å². The van der Waals surface area contributed by atoms with Crippen molar-refractivity contribution in [2.75, 3.05) is 5.75 Å². The molecule has 5 rings (SSSR count). The highest BCUT2D eigenvalue weighted by Gasteiger charge is 2.55. The molecular formula is C24H20BrNO2S. The molecule has 0 bridgehead atoms. The Kier molecular flexibility index (Phi) is 4.67. The topological polar surface area (TPSA) is 38.3 Å². The monoisotopic (exact) mass is 465 g/mol. The minimum Gasteiger partial charge on any atom is -0.463 e. The maximum atomic E-state index is 12.4. The summed E-state index contributed by atoms with van der Waals surface area (Å²) in [6, 6.07) is 24.9. The fraction of sp³-hybridized carbons (Fsp3) is 0.208. The van der Waals surface area contributed by atoms with Gasteiger partial charge in [0.05, 0.1) is 0 Å². The van der Waals surface area contributed by atoms with Crippen LogP contribution in [0.5, 0.6) is 5.75 Å². The molecular weight excluding hydrogens is 446 g/mol. The molecule has 0 fully saturated rings. The normalized spacial score (nSPS) is 24.5. The van der Waals surface area contributed by atoms with Crippen molar-refractivity contribution >= 4 is 33.6 Å². The highest BCUT2D eigenvalue weighted by atomic mass is 79.9. The second kappa shape index (κ2) is 7.22. The summed E-state index contributed by atoms with van der Waals surface area (Å²) in [6.07, 6.45) is 0. The predicted molar refractivity (Wildman–Crippen MR) is 119 cm³/mol. The van der Waals surface area contributed by atoms with Crippen LogP contribution >= 0.6 is 27.7 Å². The molecule has 3 atom stereocenters. The second-order valence-electron chi connectivity index (χ2n) is 7.50. The van der Waals surface area contributed by atoms with E-state index in [2.05, 4.69) is 63.7 Å². The minimum atomic E-state index is -0.894. The van der Waals surface area contributed by atoms with E-state index >= 15 is 0 Å². The van der Waals surface area contributed by atoms with Crippen molar-refractivity contribution in [2.45, 2.75) is 23.5 Å². The lowest BCUT2D eigenvalue weighted by atomic mass is 9.71. The van der Waals surface area contributed by atoms with E-state index in [-0.39, 0.29) is 17.7 Å². The zero-order valence-corrected chi connectivity index (χ0v) is 18.3. The second-order valence-corrected chi connectivity index (χ2v) is 9.48. The van der Waals surface area contributed by atoms with E-state index in [4.69, 9.17) is 4.74 Å². The van der Waals surface area contributed by atoms with Crippen molar-refractivity contribution in [3.63, 3.8) is 0 Å². The summed E-state index contributed by atoms with van der Waals surface area (Å²) in [6.45, 7) is 1.56. The van der Waals surface area contributed by atoms with Gasteiger partial charge in [-0.1, -0.05) is 64.5 Å². The number of hydrogen-bond acceptors (Lipinski definition) is 3. The third kappa shape index (κ3) is 3.08. The van der Waals surface area contributed by atoms with E-state index in [1.165, 1.54) is 5.56 Å². The zero-order chi connectivity index (χ0) is 20.0. The fourth-order valence-electron chi connectivity index (χ4n) is 4.62. The fourth-order valence-corrected chi connectivity index (χ4v) is 6.34. The number of nitrogens with one attached hydrogen (secondary N) is 1. The summed E-state index contributed by atoms with van der Waals surface area (Å²) in [5, 5.41) is 3.22. The van der Waals surface area contributed by atoms with Gasteiger partial charge >= 0.3 is 0 Å². The first-order chi connectivity index (χ1) is 14.1. The third-order valence-electron chi connectivity index (χ3n) is 5.73. The first-order valence-corrected chi connectivity index (χ1v) is 11.4. The van der Waals surface area contributed by atoms with Crippen LogP contribution in [0.2, 0.25) is 0 Å². The van der Waals surface area contributed by atoms with Crippen LogP contribution in [0.25, 0.3) is 0 Å². The van der Waals surface area contributed by atoms with Crippen molar-refractivity contribution in [3.8, 4) is 5.75 Å². The van der Waals surface area contributed by atoms with Crippen molar-refractivity contribution in [2.24, 2.45) is 5.92 Å². The van der Waals surface area contributed by atoms with Gasteiger partial charge in [0.2, 0.25) is 11.6 Å². The van der Waals surface area contributed by atoms with Gasteiger partial charge in [0.1, 0.15) is 5.75 Å². The number of thioether (sulfide) groups is 1. The summed E-state index contributed by atoms with van der Waals surface area (Å²) in [4.78, 5) is 13.5. The average molecular weight is 466 g/mol. The Morgan fingerprint density at radius 2 is 1.86 bits per heavy atom. The quantitative estimate of drug-likeness (QED) is 0.528. The highest BCUT2D eigenvalue weighted by Crippen LogP contribution is 2.56. The molecule has 2 aliphatic heterocycles. The molecule has 0 saturated carbocycles. The molecule has 0 aromatic heterocycles. The van der Waals surface area contributed by atoms with E-state index in [0.29, 0.717) is 0 Å². The Morgan fingerprint density at radius 3 is 2.66 bits per heavy atom. The van der Waals surface area contributed by atoms with E-state index < -0.39 is 5.72 Å². The molecule has 1 N–H and O–H groups in total. The van der Waals surface area contributed by atoms with E-state index in [9.17, 15) is 4.79 Å². The van der Waals surface area contributed by atoms with Gasteiger partial charge in [0.25, 0.3) is 0 Å². The molecule has 29 heavy (non-hydrogen) atoms. The summed E-state index contributed by atoms with van der Waals surface area (Å²) < 4.78 is 7.73. The molecule has 146 valence electrons. The van der Waals surface area contributed by atoms with Crippen LogP contribution in [0.1, 0.15) is 29.5 Å². The Hall–Kier alpha value is -2.24. The number of ether oxygens (including phenoxy) is 1. The average Bonchev–Trinajstić information content (AvgIpc) is 2.72. The Balaban J connectivity index is 1.79. The number of rotatable bonds is 2. The maximum Gasteiger partial charge on any atom is 0.220 e. The SMILES string of the molecule is CC(=O)N[C@@]12Oc3ccc(Br)cc3[C@@H](c3ccccc3)[C@@H]1CSc1ccccc12. The zero-order valence-electron chi connectivity index (χ0n) is 15.9. The Labute approximate surface area is 183 Å². The van der Waals surface area contributed by atoms with Crippen molar-refractivity contribution < 1.29 is 9.53 Å². The number of fused-ring (bicyclic) bond motifs is 4. The van der Waals surface area contributed by atoms with Gasteiger partial charge in [-0.2, -0.15) is 0 Å². The van der Waals surface area contributed by atoms with Crippen LogP contribution < -0.4 is 10.1 Å². The van der Waals surface area contributed by atoms with Crippen LogP contribution in [-0.4, -0.2) is 11.7 Å². The molecule has 1 amide bonds. The number of halogens is 1. The number of amides is 1. The molecule has 0 saturated heterocycles. The predicted octanol–water partition coefficient (Wildman–Crippen LogP) is 5.68. The Morgan fingerprint density at radius 1 is 1.10 bits per heavy atom. The van der Waals surface area contributed by atoms with Crippen LogP contribution in [0.3, 0.4) is 0 Å². The van der Waals surface area contributed by atoms with E-state index in [0.717, 1.165) is 32.0 Å². The van der Waals surface area contributed by atoms with Crippen molar-refractivity contribution in [3.05, 3.63) is 94.0 Å². The molecule has 3 aromatic rings. The van der Waals surface area contributed by atoms with Gasteiger partial charge in [0, 0.05) is 45.0 Å². The lowest BCUT2D eigenvalue weighted by molar-refractivity contribution is -0.131. The first-order valence-electron chi connectivity index (χ1n) is 9.63. The standard InChI is InChI=1S/C24H20BrNO2S/c1-15(27)26-24-19-9-5-6-10-22(19)29-14-20(24)23(16-7-3-2-4-8-16)18-13-17(25)11-12-21(18)28-24/h2-13,20,23H,14H2,1H3,(H,26,27)/t20-,23+,24-/m0/s1. The molecule has 0 spiro atoms. The number of benzene rings is 3. The summed E-state index contributed by atoms with van der Waals surface area (Å²) in [5.41, 5.74) is 2.52. The van der Waals surface area contributed by atoms with Crippen LogP contribution in [0.4, 0.5) is 0 Å². The molecule has 5 heteroatoms. The van der Waals surface area contributed by atoms with Crippen molar-refractivity contribution in [1.82, 2.24) is 5.32 Å².